The van der Waals surface area contributed by atoms with Crippen LogP contribution >= 0.6 is 0 Å². The highest BCUT2D eigenvalue weighted by Gasteiger charge is 2.21. The molecule has 0 amide bonds. The Morgan fingerprint density at radius 1 is 1.24 bits per heavy atom. The zero-order valence-electron chi connectivity index (χ0n) is 12.4. The summed E-state index contributed by atoms with van der Waals surface area (Å²) in [4.78, 5) is 0. The molecule has 2 rings (SSSR count). The first-order valence-electron chi connectivity index (χ1n) is 7.53. The third-order valence-corrected chi connectivity index (χ3v) is 3.86. The van der Waals surface area contributed by atoms with E-state index in [-0.39, 0.29) is 6.10 Å². The molecule has 1 aliphatic rings. The summed E-state index contributed by atoms with van der Waals surface area (Å²) in [6.07, 6.45) is 7.04. The number of ether oxygens (including phenoxy) is 1. The molecule has 0 aromatic heterocycles. The summed E-state index contributed by atoms with van der Waals surface area (Å²) in [6.45, 7) is 2.81. The van der Waals surface area contributed by atoms with E-state index in [0.29, 0.717) is 18.8 Å². The van der Waals surface area contributed by atoms with Crippen molar-refractivity contribution in [2.24, 2.45) is 5.92 Å². The maximum Gasteiger partial charge on any atom is 0.266 e. The fourth-order valence-electron chi connectivity index (χ4n) is 2.71. The Kier molecular flexibility index (Phi) is 6.12. The van der Waals surface area contributed by atoms with Crippen LogP contribution in [0.4, 0.5) is 8.78 Å². The molecule has 0 saturated carbocycles. The lowest BCUT2D eigenvalue weighted by Gasteiger charge is -2.27. The van der Waals surface area contributed by atoms with Crippen molar-refractivity contribution in [3.8, 4) is 0 Å². The highest BCUT2D eigenvalue weighted by atomic mass is 19.3. The maximum atomic E-state index is 12.0. The van der Waals surface area contributed by atoms with E-state index in [0.717, 1.165) is 31.1 Å². The lowest BCUT2D eigenvalue weighted by molar-refractivity contribution is -0.00525. The lowest BCUT2D eigenvalue weighted by Crippen LogP contribution is -2.19. The van der Waals surface area contributed by atoms with Gasteiger partial charge in [-0.2, -0.15) is 8.78 Å². The molecule has 2 unspecified atom stereocenters. The molecule has 114 valence electrons. The second-order valence-corrected chi connectivity index (χ2v) is 5.46. The quantitative estimate of drug-likeness (QED) is 0.656. The molecule has 2 atom stereocenters. The first-order valence-corrected chi connectivity index (χ1v) is 7.53. The topological polar surface area (TPSA) is 9.23 Å². The largest absolute Gasteiger partial charge is 0.373 e. The molecule has 1 saturated heterocycles. The van der Waals surface area contributed by atoms with Gasteiger partial charge in [0.05, 0.1) is 12.7 Å². The minimum absolute atomic E-state index is 0.170. The average Bonchev–Trinajstić information content (AvgIpc) is 2.49. The Morgan fingerprint density at radius 2 is 2.00 bits per heavy atom. The van der Waals surface area contributed by atoms with Gasteiger partial charge in [0.15, 0.2) is 0 Å². The van der Waals surface area contributed by atoms with Gasteiger partial charge in [-0.05, 0) is 49.8 Å². The van der Waals surface area contributed by atoms with Crippen LogP contribution in [0, 0.1) is 5.92 Å². The van der Waals surface area contributed by atoms with Gasteiger partial charge < -0.3 is 4.74 Å². The molecule has 0 N–H and O–H groups in total. The van der Waals surface area contributed by atoms with Crippen molar-refractivity contribution in [1.29, 1.82) is 0 Å². The maximum absolute atomic E-state index is 12.0. The molecular weight excluding hydrogens is 270 g/mol. The fraction of sp³-hybridized carbons (Fsp3) is 0.444. The van der Waals surface area contributed by atoms with Gasteiger partial charge in [-0.3, -0.25) is 0 Å². The Hall–Kier alpha value is -1.48. The molecule has 0 spiro atoms. The number of rotatable bonds is 5. The molecule has 0 aliphatic carbocycles. The summed E-state index contributed by atoms with van der Waals surface area (Å²) in [5.74, 6) is 0.535. The summed E-state index contributed by atoms with van der Waals surface area (Å²) in [7, 11) is 0. The van der Waals surface area contributed by atoms with Gasteiger partial charge in [0.1, 0.15) is 0 Å². The van der Waals surface area contributed by atoms with E-state index in [1.165, 1.54) is 5.56 Å². The Morgan fingerprint density at radius 3 is 2.57 bits per heavy atom. The van der Waals surface area contributed by atoms with Crippen molar-refractivity contribution in [3.05, 3.63) is 59.7 Å². The van der Waals surface area contributed by atoms with Crippen LogP contribution in [0.5, 0.6) is 0 Å². The molecule has 1 heterocycles. The first-order chi connectivity index (χ1) is 10.2. The van der Waals surface area contributed by atoms with E-state index in [4.69, 9.17) is 4.74 Å². The number of benzene rings is 1. The summed E-state index contributed by atoms with van der Waals surface area (Å²) < 4.78 is 29.9. The van der Waals surface area contributed by atoms with E-state index in [2.05, 4.69) is 24.3 Å². The molecule has 0 radical (unpaired) electrons. The highest BCUT2D eigenvalue weighted by molar-refractivity contribution is 5.25. The second kappa shape index (κ2) is 8.08. The zero-order valence-corrected chi connectivity index (χ0v) is 12.4. The molecule has 1 aliphatic heterocycles. The Labute approximate surface area is 125 Å². The molecule has 1 aromatic rings. The number of halogens is 2. The SMILES string of the molecule is C/C=C/C1CCC(c2ccc(CCC=C(F)F)cc2)OC1. The Bertz CT molecular complexity index is 478. The molecule has 0 bridgehead atoms. The minimum Gasteiger partial charge on any atom is -0.373 e. The van der Waals surface area contributed by atoms with Crippen molar-refractivity contribution in [1.82, 2.24) is 0 Å². The third-order valence-electron chi connectivity index (χ3n) is 3.86. The van der Waals surface area contributed by atoms with Gasteiger partial charge >= 0.3 is 0 Å². The summed E-state index contributed by atoms with van der Waals surface area (Å²) in [5, 5.41) is 0. The summed E-state index contributed by atoms with van der Waals surface area (Å²) in [5.41, 5.74) is 2.27. The van der Waals surface area contributed by atoms with Crippen LogP contribution in [-0.4, -0.2) is 6.61 Å². The van der Waals surface area contributed by atoms with Crippen molar-refractivity contribution in [2.45, 2.75) is 38.7 Å². The Balaban J connectivity index is 1.86. The van der Waals surface area contributed by atoms with Crippen LogP contribution in [0.25, 0.3) is 0 Å². The summed E-state index contributed by atoms with van der Waals surface area (Å²) in [6, 6.07) is 8.15. The first kappa shape index (κ1) is 15.9. The number of hydrogen-bond donors (Lipinski definition) is 0. The molecule has 1 nitrogen and oxygen atoms in total. The average molecular weight is 292 g/mol. The van der Waals surface area contributed by atoms with Crippen LogP contribution in [-0.2, 0) is 11.2 Å². The monoisotopic (exact) mass is 292 g/mol. The van der Waals surface area contributed by atoms with Crippen molar-refractivity contribution in [3.63, 3.8) is 0 Å². The standard InChI is InChI=1S/C18H22F2O/c1-2-4-15-9-12-17(21-13-15)16-10-7-14(8-11-16)5-3-6-18(19)20/h2,4,6-8,10-11,15,17H,3,5,9,12-13H2,1H3/b4-2+. The minimum atomic E-state index is -1.60. The van der Waals surface area contributed by atoms with Gasteiger partial charge in [-0.15, -0.1) is 0 Å². The normalized spacial score (nSPS) is 22.4. The van der Waals surface area contributed by atoms with Crippen molar-refractivity contribution in [2.75, 3.05) is 6.61 Å². The van der Waals surface area contributed by atoms with Crippen LogP contribution in [0.2, 0.25) is 0 Å². The second-order valence-electron chi connectivity index (χ2n) is 5.46. The van der Waals surface area contributed by atoms with Crippen LogP contribution < -0.4 is 0 Å². The van der Waals surface area contributed by atoms with E-state index in [1.54, 1.807) is 0 Å². The van der Waals surface area contributed by atoms with E-state index >= 15 is 0 Å². The van der Waals surface area contributed by atoms with E-state index in [9.17, 15) is 8.78 Å². The predicted octanol–water partition coefficient (Wildman–Crippen LogP) is 5.44. The fourth-order valence-corrected chi connectivity index (χ4v) is 2.71. The highest BCUT2D eigenvalue weighted by Crippen LogP contribution is 2.31. The van der Waals surface area contributed by atoms with Crippen molar-refractivity contribution >= 4 is 0 Å². The molecule has 1 fully saturated rings. The van der Waals surface area contributed by atoms with Gasteiger partial charge in [-0.25, -0.2) is 0 Å². The van der Waals surface area contributed by atoms with Crippen LogP contribution in [0.3, 0.4) is 0 Å². The molecular formula is C18H22F2O. The predicted molar refractivity (Wildman–Crippen MR) is 81.3 cm³/mol. The molecule has 1 aromatic carbocycles. The van der Waals surface area contributed by atoms with Crippen molar-refractivity contribution < 1.29 is 13.5 Å². The molecule has 21 heavy (non-hydrogen) atoms. The van der Waals surface area contributed by atoms with E-state index in [1.807, 2.05) is 19.1 Å². The molecule has 3 heteroatoms. The van der Waals surface area contributed by atoms with E-state index < -0.39 is 6.08 Å². The summed E-state index contributed by atoms with van der Waals surface area (Å²) >= 11 is 0. The van der Waals surface area contributed by atoms with Crippen LogP contribution in [0.1, 0.15) is 43.4 Å². The number of aryl methyl sites for hydroxylation is 1. The van der Waals surface area contributed by atoms with Gasteiger partial charge in [-0.1, -0.05) is 36.4 Å². The number of allylic oxidation sites excluding steroid dienone is 2. The smallest absolute Gasteiger partial charge is 0.266 e. The van der Waals surface area contributed by atoms with Gasteiger partial charge in [0.2, 0.25) is 0 Å². The number of hydrogen-bond acceptors (Lipinski definition) is 1. The lowest BCUT2D eigenvalue weighted by atomic mass is 9.94. The zero-order chi connectivity index (χ0) is 15.1. The van der Waals surface area contributed by atoms with Gasteiger partial charge in [0.25, 0.3) is 6.08 Å². The van der Waals surface area contributed by atoms with Crippen LogP contribution in [0.15, 0.2) is 48.6 Å². The van der Waals surface area contributed by atoms with Gasteiger partial charge in [0, 0.05) is 5.92 Å². The third kappa shape index (κ3) is 5.09.